The maximum absolute atomic E-state index is 11.9. The highest BCUT2D eigenvalue weighted by atomic mass is 16.5. The van der Waals surface area contributed by atoms with Gasteiger partial charge in [-0.05, 0) is 24.5 Å². The minimum absolute atomic E-state index is 0.153. The number of aromatic nitrogens is 2. The Labute approximate surface area is 144 Å². The zero-order chi connectivity index (χ0) is 17.6. The number of ether oxygens (including phenoxy) is 1. The molecule has 0 aliphatic heterocycles. The zero-order valence-corrected chi connectivity index (χ0v) is 13.7. The highest BCUT2D eigenvalue weighted by Crippen LogP contribution is 2.38. The molecule has 1 aromatic heterocycles. The molecule has 7 nitrogen and oxygen atoms in total. The van der Waals surface area contributed by atoms with Gasteiger partial charge in [-0.2, -0.15) is 5.10 Å². The van der Waals surface area contributed by atoms with Crippen molar-refractivity contribution in [1.29, 1.82) is 0 Å². The first-order valence-electron chi connectivity index (χ1n) is 8.16. The lowest BCUT2D eigenvalue weighted by Crippen LogP contribution is -2.36. The van der Waals surface area contributed by atoms with Crippen molar-refractivity contribution < 1.29 is 14.3 Å². The Morgan fingerprint density at radius 3 is 2.64 bits per heavy atom. The van der Waals surface area contributed by atoms with Crippen LogP contribution in [-0.2, 0) is 27.5 Å². The molecular weight excluding hydrogens is 322 g/mol. The van der Waals surface area contributed by atoms with E-state index in [0.717, 1.165) is 28.8 Å². The second kappa shape index (κ2) is 7.74. The van der Waals surface area contributed by atoms with Crippen LogP contribution in [0.15, 0.2) is 47.3 Å². The summed E-state index contributed by atoms with van der Waals surface area (Å²) in [5.74, 6) is -0.605. The van der Waals surface area contributed by atoms with E-state index in [1.807, 2.05) is 30.3 Å². The number of hydrogen-bond donors (Lipinski definition) is 1. The molecule has 0 atom stereocenters. The van der Waals surface area contributed by atoms with Crippen molar-refractivity contribution in [3.8, 4) is 0 Å². The number of nitrogens with zero attached hydrogens (tertiary/aromatic N) is 2. The maximum Gasteiger partial charge on any atom is 0.325 e. The average molecular weight is 341 g/mol. The summed E-state index contributed by atoms with van der Waals surface area (Å²) in [4.78, 5) is 35.4. The summed E-state index contributed by atoms with van der Waals surface area (Å²) in [5.41, 5.74) is 1.36. The molecule has 7 heteroatoms. The summed E-state index contributed by atoms with van der Waals surface area (Å²) in [5, 5.41) is 6.65. The van der Waals surface area contributed by atoms with Gasteiger partial charge in [0.15, 0.2) is 0 Å². The first kappa shape index (κ1) is 16.9. The Hall–Kier alpha value is -2.96. The minimum atomic E-state index is -0.538. The molecule has 3 rings (SSSR count). The van der Waals surface area contributed by atoms with Gasteiger partial charge in [-0.15, -0.1) is 0 Å². The van der Waals surface area contributed by atoms with Crippen molar-refractivity contribution in [1.82, 2.24) is 15.1 Å². The van der Waals surface area contributed by atoms with Crippen molar-refractivity contribution in [2.45, 2.75) is 31.9 Å². The molecule has 1 aliphatic carbocycles. The Kier molecular flexibility index (Phi) is 5.23. The third kappa shape index (κ3) is 5.00. The first-order valence-corrected chi connectivity index (χ1v) is 8.16. The van der Waals surface area contributed by atoms with E-state index in [2.05, 4.69) is 10.4 Å². The molecule has 1 heterocycles. The molecule has 2 aromatic rings. The molecule has 1 fully saturated rings. The van der Waals surface area contributed by atoms with Gasteiger partial charge in [0.2, 0.25) is 5.91 Å². The van der Waals surface area contributed by atoms with Crippen LogP contribution in [0.4, 0.5) is 0 Å². The van der Waals surface area contributed by atoms with E-state index in [4.69, 9.17) is 4.74 Å². The number of hydrogen-bond acceptors (Lipinski definition) is 5. The first-order chi connectivity index (χ1) is 12.1. The van der Waals surface area contributed by atoms with E-state index in [-0.39, 0.29) is 25.3 Å². The quantitative estimate of drug-likeness (QED) is 0.758. The molecule has 0 bridgehead atoms. The van der Waals surface area contributed by atoms with Crippen molar-refractivity contribution in [3.05, 3.63) is 64.1 Å². The highest BCUT2D eigenvalue weighted by Gasteiger charge is 2.25. The second-order valence-electron chi connectivity index (χ2n) is 5.95. The minimum Gasteiger partial charge on any atom is -0.460 e. The van der Waals surface area contributed by atoms with Crippen molar-refractivity contribution in [3.63, 3.8) is 0 Å². The van der Waals surface area contributed by atoms with Gasteiger partial charge in [0.05, 0.1) is 5.69 Å². The number of benzene rings is 1. The predicted octanol–water partition coefficient (Wildman–Crippen LogP) is 0.980. The molecule has 1 saturated carbocycles. The molecule has 25 heavy (non-hydrogen) atoms. The Balaban J connectivity index is 1.45. The molecule has 130 valence electrons. The van der Waals surface area contributed by atoms with Crippen LogP contribution < -0.4 is 10.9 Å². The van der Waals surface area contributed by atoms with E-state index in [1.165, 1.54) is 6.07 Å². The monoisotopic (exact) mass is 341 g/mol. The highest BCUT2D eigenvalue weighted by molar-refractivity contribution is 5.81. The molecule has 0 unspecified atom stereocenters. The van der Waals surface area contributed by atoms with Crippen LogP contribution >= 0.6 is 0 Å². The maximum atomic E-state index is 11.9. The molecule has 0 spiro atoms. The van der Waals surface area contributed by atoms with Gasteiger partial charge in [0.25, 0.3) is 5.56 Å². The molecule has 0 radical (unpaired) electrons. The van der Waals surface area contributed by atoms with Gasteiger partial charge in [0.1, 0.15) is 19.7 Å². The van der Waals surface area contributed by atoms with E-state index in [9.17, 15) is 14.4 Å². The third-order valence-electron chi connectivity index (χ3n) is 3.85. The number of esters is 1. The summed E-state index contributed by atoms with van der Waals surface area (Å²) in [6, 6.07) is 12.4. The van der Waals surface area contributed by atoms with Crippen LogP contribution in [0.25, 0.3) is 0 Å². The molecule has 1 aromatic carbocycles. The normalized spacial score (nSPS) is 13.3. The molecule has 1 amide bonds. The van der Waals surface area contributed by atoms with Crippen molar-refractivity contribution in [2.75, 3.05) is 6.54 Å². The third-order valence-corrected chi connectivity index (χ3v) is 3.85. The van der Waals surface area contributed by atoms with Gasteiger partial charge in [0, 0.05) is 12.0 Å². The number of carbonyl (C=O) groups is 2. The van der Waals surface area contributed by atoms with Crippen LogP contribution in [0.3, 0.4) is 0 Å². The molecule has 1 N–H and O–H groups in total. The van der Waals surface area contributed by atoms with Gasteiger partial charge in [-0.3, -0.25) is 14.4 Å². The smallest absolute Gasteiger partial charge is 0.325 e. The Morgan fingerprint density at radius 1 is 1.16 bits per heavy atom. The summed E-state index contributed by atoms with van der Waals surface area (Å²) in [7, 11) is 0. The van der Waals surface area contributed by atoms with E-state index < -0.39 is 11.9 Å². The molecular formula is C18H19N3O4. The Morgan fingerprint density at radius 2 is 1.92 bits per heavy atom. The van der Waals surface area contributed by atoms with Gasteiger partial charge >= 0.3 is 5.97 Å². The topological polar surface area (TPSA) is 90.3 Å². The number of amides is 1. The van der Waals surface area contributed by atoms with Crippen LogP contribution in [0.5, 0.6) is 0 Å². The molecule has 1 aliphatic rings. The number of rotatable bonds is 7. The van der Waals surface area contributed by atoms with Crippen molar-refractivity contribution >= 4 is 11.9 Å². The summed E-state index contributed by atoms with van der Waals surface area (Å²) in [6.45, 7) is -0.311. The SMILES string of the molecule is O=C(Cn1nc(C2CC2)ccc1=O)NCC(=O)OCc1ccccc1. The van der Waals surface area contributed by atoms with Crippen LogP contribution in [0.2, 0.25) is 0 Å². The van der Waals surface area contributed by atoms with Crippen LogP contribution in [0, 0.1) is 0 Å². The lowest BCUT2D eigenvalue weighted by molar-refractivity contribution is -0.145. The predicted molar refractivity (Wildman–Crippen MR) is 89.7 cm³/mol. The lowest BCUT2D eigenvalue weighted by Gasteiger charge is -2.08. The van der Waals surface area contributed by atoms with E-state index in [1.54, 1.807) is 6.07 Å². The van der Waals surface area contributed by atoms with Gasteiger partial charge < -0.3 is 10.1 Å². The van der Waals surface area contributed by atoms with Gasteiger partial charge in [-0.25, -0.2) is 4.68 Å². The summed E-state index contributed by atoms with van der Waals surface area (Å²) < 4.78 is 6.20. The number of nitrogens with one attached hydrogen (secondary N) is 1. The Bertz CT molecular complexity index is 813. The van der Waals surface area contributed by atoms with E-state index in [0.29, 0.717) is 5.92 Å². The summed E-state index contributed by atoms with van der Waals surface area (Å²) in [6.07, 6.45) is 2.12. The molecule has 0 saturated heterocycles. The summed E-state index contributed by atoms with van der Waals surface area (Å²) >= 11 is 0. The zero-order valence-electron chi connectivity index (χ0n) is 13.7. The fourth-order valence-corrected chi connectivity index (χ4v) is 2.33. The number of carbonyl (C=O) groups excluding carboxylic acids is 2. The fraction of sp³-hybridized carbons (Fsp3) is 0.333. The standard InChI is InChI=1S/C18H19N3O4/c22-16(11-21-17(23)9-8-15(20-21)14-6-7-14)19-10-18(24)25-12-13-4-2-1-3-5-13/h1-5,8-9,14H,6-7,10-12H2,(H,19,22). The van der Waals surface area contributed by atoms with Crippen LogP contribution in [0.1, 0.15) is 30.0 Å². The van der Waals surface area contributed by atoms with Gasteiger partial charge in [-0.1, -0.05) is 30.3 Å². The second-order valence-corrected chi connectivity index (χ2v) is 5.95. The van der Waals surface area contributed by atoms with Crippen molar-refractivity contribution in [2.24, 2.45) is 0 Å². The average Bonchev–Trinajstić information content (AvgIpc) is 3.46. The fourth-order valence-electron chi connectivity index (χ4n) is 2.33. The largest absolute Gasteiger partial charge is 0.460 e. The van der Waals surface area contributed by atoms with Crippen LogP contribution in [-0.4, -0.2) is 28.2 Å². The lowest BCUT2D eigenvalue weighted by atomic mass is 10.2. The van der Waals surface area contributed by atoms with E-state index >= 15 is 0 Å².